The third-order valence-corrected chi connectivity index (χ3v) is 5.77. The zero-order valence-corrected chi connectivity index (χ0v) is 20.4. The first-order valence-electron chi connectivity index (χ1n) is 9.27. The van der Waals surface area contributed by atoms with Crippen LogP contribution in [0, 0.1) is 23.6 Å². The van der Waals surface area contributed by atoms with Gasteiger partial charge in [-0.1, -0.05) is 19.8 Å². The van der Waals surface area contributed by atoms with Crippen LogP contribution in [-0.4, -0.2) is 0 Å². The molecule has 2 aromatic carbocycles. The summed E-state index contributed by atoms with van der Waals surface area (Å²) in [5, 5.41) is 0. The van der Waals surface area contributed by atoms with E-state index in [0.717, 1.165) is 43.2 Å². The van der Waals surface area contributed by atoms with Crippen LogP contribution >= 0.6 is 0 Å². The average Bonchev–Trinajstić information content (AvgIpc) is 2.66. The molecule has 0 saturated heterocycles. The van der Waals surface area contributed by atoms with E-state index in [0.29, 0.717) is 17.9 Å². The van der Waals surface area contributed by atoms with Crippen molar-refractivity contribution in [2.75, 3.05) is 0 Å². The molecule has 1 nitrogen and oxygen atoms in total. The van der Waals surface area contributed by atoms with Gasteiger partial charge < -0.3 is 4.74 Å². The molecule has 0 amide bonds. The van der Waals surface area contributed by atoms with E-state index in [1.807, 2.05) is 30.3 Å². The van der Waals surface area contributed by atoms with E-state index in [4.69, 9.17) is 4.74 Å². The van der Waals surface area contributed by atoms with Crippen LogP contribution in [0.1, 0.15) is 67.7 Å². The van der Waals surface area contributed by atoms with Crippen molar-refractivity contribution in [2.45, 2.75) is 57.5 Å². The molecule has 0 spiro atoms. The van der Waals surface area contributed by atoms with Crippen molar-refractivity contribution >= 4 is 0 Å². The molecule has 26 heavy (non-hydrogen) atoms. The molecule has 1 aliphatic carbocycles. The van der Waals surface area contributed by atoms with Gasteiger partial charge >= 0.3 is 58.2 Å². The number of ether oxygens (including phenoxy) is 1. The van der Waals surface area contributed by atoms with Crippen LogP contribution in [0.15, 0.2) is 30.3 Å². The van der Waals surface area contributed by atoms with Crippen molar-refractivity contribution in [3.8, 4) is 5.75 Å². The summed E-state index contributed by atoms with van der Waals surface area (Å²) in [5.41, 5.74) is 2.35. The Morgan fingerprint density at radius 3 is 2.38 bits per heavy atom. The second-order valence-electron chi connectivity index (χ2n) is 7.52. The molecule has 2 aromatic rings. The smallest absolute Gasteiger partial charge is 0.484 e. The predicted molar refractivity (Wildman–Crippen MR) is 93.7 cm³/mol. The first-order chi connectivity index (χ1) is 12.1. The van der Waals surface area contributed by atoms with Crippen LogP contribution in [0.25, 0.3) is 0 Å². The van der Waals surface area contributed by atoms with Crippen LogP contribution in [0.4, 0.5) is 8.78 Å². The van der Waals surface area contributed by atoms with Crippen LogP contribution < -0.4 is 62.9 Å². The van der Waals surface area contributed by atoms with Crippen LogP contribution in [0.2, 0.25) is 0 Å². The van der Waals surface area contributed by atoms with E-state index < -0.39 is 11.6 Å². The predicted octanol–water partition coefficient (Wildman–Crippen LogP) is 3.13. The zero-order valence-electron chi connectivity index (χ0n) is 15.5. The summed E-state index contributed by atoms with van der Waals surface area (Å²) in [6, 6.07) is 12.3. The van der Waals surface area contributed by atoms with Crippen molar-refractivity contribution in [1.29, 1.82) is 0 Å². The largest absolute Gasteiger partial charge is 1.00 e. The Morgan fingerprint density at radius 2 is 1.69 bits per heavy atom. The van der Waals surface area contributed by atoms with Crippen molar-refractivity contribution in [1.82, 2.24) is 0 Å². The summed E-state index contributed by atoms with van der Waals surface area (Å²) < 4.78 is 35.4. The Kier molecular flexibility index (Phi) is 7.09. The summed E-state index contributed by atoms with van der Waals surface area (Å²) >= 11 is 0. The van der Waals surface area contributed by atoms with Gasteiger partial charge in [0, 0.05) is 0 Å². The number of fused-ring (bicyclic) bond motifs is 1. The van der Waals surface area contributed by atoms with Gasteiger partial charge in [-0.3, -0.25) is 0 Å². The molecule has 4 heteroatoms. The van der Waals surface area contributed by atoms with Gasteiger partial charge in [0.15, 0.2) is 11.6 Å². The third kappa shape index (κ3) is 4.16. The molecule has 4 rings (SSSR count). The van der Waals surface area contributed by atoms with E-state index in [2.05, 4.69) is 13.0 Å². The van der Waals surface area contributed by atoms with Crippen LogP contribution in [-0.2, 0) is 6.42 Å². The maximum atomic E-state index is 14.8. The van der Waals surface area contributed by atoms with Crippen molar-refractivity contribution < 1.29 is 71.7 Å². The van der Waals surface area contributed by atoms with Gasteiger partial charge in [0.1, 0.15) is 6.10 Å². The molecule has 1 atom stereocenters. The van der Waals surface area contributed by atoms with Gasteiger partial charge in [0.25, 0.3) is 0 Å². The Labute approximate surface area is 203 Å². The first kappa shape index (κ1) is 20.6. The van der Waals surface area contributed by atoms with Gasteiger partial charge in [-0.05, 0) is 54.7 Å². The topological polar surface area (TPSA) is 9.23 Å². The van der Waals surface area contributed by atoms with E-state index in [1.54, 1.807) is 0 Å². The molecule has 0 N–H and O–H groups in total. The number of rotatable bonds is 2. The summed E-state index contributed by atoms with van der Waals surface area (Å²) in [6.07, 6.45) is 5.34. The SMILES string of the molecule is CC1CCC(c2cc3c(c(F)c2F)OC(c2cc[c-]cc2)CC3)CC1.[Rb+]. The molecular weight excluding hydrogens is 404 g/mol. The Bertz CT molecular complexity index is 754. The van der Waals surface area contributed by atoms with Crippen molar-refractivity contribution in [2.24, 2.45) is 5.92 Å². The van der Waals surface area contributed by atoms with E-state index in [9.17, 15) is 8.78 Å². The minimum Gasteiger partial charge on any atom is -0.484 e. The minimum atomic E-state index is -0.807. The molecule has 2 aliphatic rings. The molecule has 1 unspecified atom stereocenters. The molecule has 132 valence electrons. The van der Waals surface area contributed by atoms with Crippen molar-refractivity contribution in [3.05, 3.63) is 64.7 Å². The summed E-state index contributed by atoms with van der Waals surface area (Å²) in [7, 11) is 0. The van der Waals surface area contributed by atoms with Gasteiger partial charge in [-0.2, -0.15) is 34.7 Å². The standard InChI is InChI=1S/C22H23F2O.Rb/c1-14-7-9-15(10-8-14)18-13-17-11-12-19(16-5-3-2-4-6-16)25-22(17)21(24)20(18)23;/h3-6,13-15,19H,7-12H2,1H3;/q-1;+1. The second-order valence-corrected chi connectivity index (χ2v) is 7.52. The summed E-state index contributed by atoms with van der Waals surface area (Å²) in [6.45, 7) is 2.23. The quantitative estimate of drug-likeness (QED) is 0.670. The second kappa shape index (κ2) is 8.94. The molecule has 1 saturated carbocycles. The fraction of sp³-hybridized carbons (Fsp3) is 0.455. The number of halogens is 2. The maximum absolute atomic E-state index is 14.8. The summed E-state index contributed by atoms with van der Waals surface area (Å²) in [4.78, 5) is 0. The van der Waals surface area contributed by atoms with Crippen LogP contribution in [0.3, 0.4) is 0 Å². The Balaban J connectivity index is 0.00000196. The number of aryl methyl sites for hydroxylation is 1. The number of hydrogen-bond donors (Lipinski definition) is 0. The molecule has 1 aliphatic heterocycles. The van der Waals surface area contributed by atoms with Crippen LogP contribution in [0.5, 0.6) is 5.75 Å². The van der Waals surface area contributed by atoms with E-state index >= 15 is 0 Å². The molecular formula is C22H23F2ORb. The minimum absolute atomic E-state index is 0. The normalized spacial score (nSPS) is 25.0. The Morgan fingerprint density at radius 1 is 1.00 bits per heavy atom. The number of benzene rings is 2. The molecule has 0 aromatic heterocycles. The van der Waals surface area contributed by atoms with Crippen molar-refractivity contribution in [3.63, 3.8) is 0 Å². The van der Waals surface area contributed by atoms with E-state index in [-0.39, 0.29) is 76.0 Å². The average molecular weight is 427 g/mol. The van der Waals surface area contributed by atoms with Gasteiger partial charge in [-0.25, -0.2) is 4.39 Å². The number of hydrogen-bond acceptors (Lipinski definition) is 1. The van der Waals surface area contributed by atoms with Gasteiger partial charge in [0.2, 0.25) is 5.82 Å². The van der Waals surface area contributed by atoms with Gasteiger partial charge in [-0.15, -0.1) is 5.56 Å². The molecule has 0 bridgehead atoms. The third-order valence-electron chi connectivity index (χ3n) is 5.77. The summed E-state index contributed by atoms with van der Waals surface area (Å²) in [5.74, 6) is -0.583. The first-order valence-corrected chi connectivity index (χ1v) is 9.27. The molecule has 1 fully saturated rings. The maximum Gasteiger partial charge on any atom is 1.00 e. The van der Waals surface area contributed by atoms with E-state index in [1.165, 1.54) is 0 Å². The molecule has 1 heterocycles. The van der Waals surface area contributed by atoms with Gasteiger partial charge in [0.05, 0.1) is 0 Å². The molecule has 0 radical (unpaired) electrons. The fourth-order valence-corrected chi connectivity index (χ4v) is 4.20. The zero-order chi connectivity index (χ0) is 17.4. The fourth-order valence-electron chi connectivity index (χ4n) is 4.20. The Hall–Kier alpha value is -0.0948. The monoisotopic (exact) mass is 426 g/mol.